The molecule has 1 unspecified atom stereocenters. The van der Waals surface area contributed by atoms with Crippen molar-refractivity contribution in [3.05, 3.63) is 76.2 Å². The third kappa shape index (κ3) is 4.43. The Morgan fingerprint density at radius 3 is 2.70 bits per heavy atom. The lowest BCUT2D eigenvalue weighted by Gasteiger charge is -2.25. The molecule has 0 saturated heterocycles. The predicted molar refractivity (Wildman–Crippen MR) is 107 cm³/mol. The number of halogens is 2. The van der Waals surface area contributed by atoms with Gasteiger partial charge in [0.1, 0.15) is 5.82 Å². The third-order valence-corrected chi connectivity index (χ3v) is 4.76. The van der Waals surface area contributed by atoms with Crippen molar-refractivity contribution in [2.24, 2.45) is 0 Å². The van der Waals surface area contributed by atoms with Crippen LogP contribution >= 0.6 is 11.6 Å². The van der Waals surface area contributed by atoms with Gasteiger partial charge in [0.05, 0.1) is 22.8 Å². The first-order chi connectivity index (χ1) is 12.8. The summed E-state index contributed by atoms with van der Waals surface area (Å²) in [6, 6.07) is 13.5. The fourth-order valence-electron chi connectivity index (χ4n) is 3.06. The van der Waals surface area contributed by atoms with E-state index in [1.165, 1.54) is 12.1 Å². The summed E-state index contributed by atoms with van der Waals surface area (Å²) in [6.07, 6.45) is 0. The van der Waals surface area contributed by atoms with Gasteiger partial charge in [0, 0.05) is 17.0 Å². The lowest BCUT2D eigenvalue weighted by atomic mass is 10.1. The molecular formula is C21H21ClFN3O. The number of likely N-dealkylation sites (N-methyl/N-ethyl adjacent to an activating group) is 1. The highest BCUT2D eigenvalue weighted by molar-refractivity contribution is 6.31. The van der Waals surface area contributed by atoms with Gasteiger partial charge in [-0.15, -0.1) is 0 Å². The number of pyridine rings is 1. The molecule has 0 bridgehead atoms. The number of nitrogens with zero attached hydrogens (tertiary/aromatic N) is 2. The highest BCUT2D eigenvalue weighted by Gasteiger charge is 2.18. The van der Waals surface area contributed by atoms with Crippen LogP contribution < -0.4 is 5.32 Å². The van der Waals surface area contributed by atoms with Gasteiger partial charge in [-0.05, 0) is 56.9 Å². The summed E-state index contributed by atoms with van der Waals surface area (Å²) >= 11 is 6.01. The van der Waals surface area contributed by atoms with Crippen LogP contribution in [0.25, 0.3) is 10.9 Å². The van der Waals surface area contributed by atoms with Crippen molar-refractivity contribution in [1.29, 1.82) is 0 Å². The maximum Gasteiger partial charge on any atom is 0.253 e. The fourth-order valence-corrected chi connectivity index (χ4v) is 3.23. The number of aryl methyl sites for hydroxylation is 1. The Balaban J connectivity index is 1.81. The topological polar surface area (TPSA) is 45.2 Å². The van der Waals surface area contributed by atoms with E-state index in [2.05, 4.69) is 10.3 Å². The van der Waals surface area contributed by atoms with Gasteiger partial charge in [-0.1, -0.05) is 29.8 Å². The van der Waals surface area contributed by atoms with Crippen molar-refractivity contribution in [2.45, 2.75) is 13.0 Å². The molecule has 0 radical (unpaired) electrons. The van der Waals surface area contributed by atoms with Gasteiger partial charge in [0.2, 0.25) is 0 Å². The summed E-state index contributed by atoms with van der Waals surface area (Å²) in [6.45, 7) is 2.15. The number of carbonyl (C=O) groups is 1. The van der Waals surface area contributed by atoms with E-state index >= 15 is 0 Å². The van der Waals surface area contributed by atoms with Gasteiger partial charge in [-0.2, -0.15) is 0 Å². The number of aromatic nitrogens is 1. The quantitative estimate of drug-likeness (QED) is 0.709. The van der Waals surface area contributed by atoms with Crippen LogP contribution in [0.15, 0.2) is 48.5 Å². The molecule has 3 rings (SSSR count). The van der Waals surface area contributed by atoms with E-state index in [1.807, 2.05) is 37.2 Å². The normalized spacial score (nSPS) is 12.4. The molecule has 1 aromatic heterocycles. The summed E-state index contributed by atoms with van der Waals surface area (Å²) < 4.78 is 13.6. The number of hydrogen-bond donors (Lipinski definition) is 1. The second kappa shape index (κ2) is 8.03. The Kier molecular flexibility index (Phi) is 5.73. The number of hydrogen-bond acceptors (Lipinski definition) is 3. The van der Waals surface area contributed by atoms with Gasteiger partial charge in [-0.25, -0.2) is 4.39 Å². The monoisotopic (exact) mass is 385 g/mol. The van der Waals surface area contributed by atoms with Crippen molar-refractivity contribution in [1.82, 2.24) is 15.2 Å². The molecule has 6 heteroatoms. The van der Waals surface area contributed by atoms with Crippen LogP contribution in [0.2, 0.25) is 5.02 Å². The molecule has 3 aromatic rings. The molecule has 1 heterocycles. The highest BCUT2D eigenvalue weighted by atomic mass is 35.5. The Morgan fingerprint density at radius 2 is 2.00 bits per heavy atom. The molecule has 4 nitrogen and oxygen atoms in total. The molecule has 140 valence electrons. The summed E-state index contributed by atoms with van der Waals surface area (Å²) in [5.74, 6) is -0.501. The lowest BCUT2D eigenvalue weighted by molar-refractivity contribution is 0.0941. The van der Waals surface area contributed by atoms with Crippen LogP contribution in [0.1, 0.15) is 27.7 Å². The molecule has 1 atom stereocenters. The number of nitrogens with one attached hydrogen (secondary N) is 1. The van der Waals surface area contributed by atoms with Crippen LogP contribution in [0, 0.1) is 12.7 Å². The average molecular weight is 386 g/mol. The largest absolute Gasteiger partial charge is 0.350 e. The Bertz CT molecular complexity index is 990. The van der Waals surface area contributed by atoms with Crippen LogP contribution in [0.5, 0.6) is 0 Å². The van der Waals surface area contributed by atoms with Crippen molar-refractivity contribution >= 4 is 28.4 Å². The molecule has 0 aliphatic carbocycles. The molecule has 0 fully saturated rings. The van der Waals surface area contributed by atoms with E-state index < -0.39 is 0 Å². The first-order valence-electron chi connectivity index (χ1n) is 8.62. The molecule has 0 saturated carbocycles. The van der Waals surface area contributed by atoms with E-state index in [0.29, 0.717) is 22.8 Å². The fraction of sp³-hybridized carbons (Fsp3) is 0.238. The smallest absolute Gasteiger partial charge is 0.253 e. The number of carbonyl (C=O) groups excluding carboxylic acids is 1. The van der Waals surface area contributed by atoms with E-state index in [9.17, 15) is 9.18 Å². The zero-order chi connectivity index (χ0) is 19.6. The van der Waals surface area contributed by atoms with Crippen molar-refractivity contribution in [3.63, 3.8) is 0 Å². The predicted octanol–water partition coefficient (Wildman–Crippen LogP) is 4.37. The number of benzene rings is 2. The van der Waals surface area contributed by atoms with Crippen LogP contribution in [0.3, 0.4) is 0 Å². The SMILES string of the molecule is Cc1nc2cc(Cl)ccc2cc1C(=O)NCC(c1cccc(F)c1)N(C)C. The molecule has 0 spiro atoms. The number of amides is 1. The Morgan fingerprint density at radius 1 is 1.22 bits per heavy atom. The van der Waals surface area contributed by atoms with Crippen LogP contribution in [0.4, 0.5) is 4.39 Å². The third-order valence-electron chi connectivity index (χ3n) is 4.53. The standard InChI is InChI=1S/C21H21ClFN3O/c1-13-18(10-14-7-8-16(22)11-19(14)25-13)21(27)24-12-20(26(2)3)15-5-4-6-17(23)9-15/h4-11,20H,12H2,1-3H3,(H,24,27). The molecule has 0 aliphatic heterocycles. The minimum absolute atomic E-state index is 0.142. The van der Waals surface area contributed by atoms with Gasteiger partial charge in [0.15, 0.2) is 0 Å². The molecular weight excluding hydrogens is 365 g/mol. The molecule has 27 heavy (non-hydrogen) atoms. The molecule has 1 N–H and O–H groups in total. The van der Waals surface area contributed by atoms with Crippen LogP contribution in [-0.4, -0.2) is 36.4 Å². The van der Waals surface area contributed by atoms with E-state index in [-0.39, 0.29) is 17.8 Å². The molecule has 2 aromatic carbocycles. The lowest BCUT2D eigenvalue weighted by Crippen LogP contribution is -2.35. The minimum atomic E-state index is -0.293. The van der Waals surface area contributed by atoms with E-state index in [1.54, 1.807) is 25.1 Å². The van der Waals surface area contributed by atoms with Crippen molar-refractivity contribution in [3.8, 4) is 0 Å². The average Bonchev–Trinajstić information content (AvgIpc) is 2.60. The first kappa shape index (κ1) is 19.3. The van der Waals surface area contributed by atoms with Gasteiger partial charge in [-0.3, -0.25) is 9.78 Å². The highest BCUT2D eigenvalue weighted by Crippen LogP contribution is 2.21. The summed E-state index contributed by atoms with van der Waals surface area (Å²) in [7, 11) is 3.79. The zero-order valence-corrected chi connectivity index (χ0v) is 16.2. The summed E-state index contributed by atoms with van der Waals surface area (Å²) in [4.78, 5) is 19.2. The molecule has 1 amide bonds. The Hall–Kier alpha value is -2.50. The van der Waals surface area contributed by atoms with Gasteiger partial charge in [0.25, 0.3) is 5.91 Å². The van der Waals surface area contributed by atoms with E-state index in [0.717, 1.165) is 16.5 Å². The zero-order valence-electron chi connectivity index (χ0n) is 15.5. The van der Waals surface area contributed by atoms with Gasteiger partial charge < -0.3 is 10.2 Å². The first-order valence-corrected chi connectivity index (χ1v) is 9.00. The second-order valence-corrected chi connectivity index (χ2v) is 7.14. The number of fused-ring (bicyclic) bond motifs is 1. The van der Waals surface area contributed by atoms with Crippen LogP contribution in [-0.2, 0) is 0 Å². The Labute approximate surface area is 163 Å². The summed E-state index contributed by atoms with van der Waals surface area (Å²) in [5.41, 5.74) is 2.71. The number of rotatable bonds is 5. The maximum absolute atomic E-state index is 13.6. The van der Waals surface area contributed by atoms with E-state index in [4.69, 9.17) is 11.6 Å². The second-order valence-electron chi connectivity index (χ2n) is 6.70. The van der Waals surface area contributed by atoms with Crippen molar-refractivity contribution < 1.29 is 9.18 Å². The van der Waals surface area contributed by atoms with Crippen molar-refractivity contribution in [2.75, 3.05) is 20.6 Å². The summed E-state index contributed by atoms with van der Waals surface area (Å²) in [5, 5.41) is 4.40. The van der Waals surface area contributed by atoms with Gasteiger partial charge >= 0.3 is 0 Å². The maximum atomic E-state index is 13.6. The molecule has 0 aliphatic rings. The minimum Gasteiger partial charge on any atom is -0.350 e.